The van der Waals surface area contributed by atoms with Crippen LogP contribution >= 0.6 is 0 Å². The van der Waals surface area contributed by atoms with E-state index in [-0.39, 0.29) is 0 Å². The molecule has 0 aliphatic carbocycles. The Labute approximate surface area is 60.2 Å². The molecule has 1 nitrogen and oxygen atoms in total. The van der Waals surface area contributed by atoms with Crippen molar-refractivity contribution in [1.29, 1.82) is 0 Å². The summed E-state index contributed by atoms with van der Waals surface area (Å²) >= 11 is 0.890. The standard InChI is InChI=1S/C6H13O.Al.2H/c1-3-4-5-6(2)7;;;/h6H,3-5H2,1-2H3;;;/q-1;+1;;. The highest BCUT2D eigenvalue weighted by Gasteiger charge is 1.93. The zero-order chi connectivity index (χ0) is 6.41. The molecule has 1 atom stereocenters. The monoisotopic (exact) mass is 130 g/mol. The molecule has 0 rings (SSSR count). The molecule has 0 saturated carbocycles. The fourth-order valence-corrected chi connectivity index (χ4v) is 0.845. The van der Waals surface area contributed by atoms with E-state index in [1.807, 2.05) is 0 Å². The lowest BCUT2D eigenvalue weighted by Gasteiger charge is -2.08. The maximum Gasteiger partial charge on any atom is 0.410 e. The minimum Gasteiger partial charge on any atom is -0.504 e. The molecule has 0 spiro atoms. The first-order valence-corrected chi connectivity index (χ1v) is 4.15. The zero-order valence-corrected chi connectivity index (χ0v) is 8.11. The molecule has 0 saturated heterocycles. The Morgan fingerprint density at radius 2 is 2.25 bits per heavy atom. The molecule has 48 valence electrons. The van der Waals surface area contributed by atoms with E-state index in [1.165, 1.54) is 19.3 Å². The predicted octanol–water partition coefficient (Wildman–Crippen LogP) is 1.13. The summed E-state index contributed by atoms with van der Waals surface area (Å²) in [5.74, 6) is 0. The summed E-state index contributed by atoms with van der Waals surface area (Å²) in [5.41, 5.74) is 0. The molecule has 0 bridgehead atoms. The van der Waals surface area contributed by atoms with Gasteiger partial charge in [0.2, 0.25) is 0 Å². The van der Waals surface area contributed by atoms with E-state index in [0.29, 0.717) is 6.10 Å². The smallest absolute Gasteiger partial charge is 0.410 e. The molecule has 0 aliphatic rings. The molecule has 8 heavy (non-hydrogen) atoms. The molecule has 0 N–H and O–H groups in total. The SMILES string of the molecule is CCCCC(C)[O][AlH2]. The molecule has 0 heterocycles. The summed E-state index contributed by atoms with van der Waals surface area (Å²) in [4.78, 5) is 0. The van der Waals surface area contributed by atoms with Crippen LogP contribution in [0.3, 0.4) is 0 Å². The Morgan fingerprint density at radius 1 is 1.62 bits per heavy atom. The summed E-state index contributed by atoms with van der Waals surface area (Å²) in [6.07, 6.45) is 4.35. The second kappa shape index (κ2) is 5.63. The van der Waals surface area contributed by atoms with Crippen LogP contribution in [0.15, 0.2) is 0 Å². The van der Waals surface area contributed by atoms with E-state index in [2.05, 4.69) is 13.8 Å². The predicted molar refractivity (Wildman–Crippen MR) is 38.6 cm³/mol. The van der Waals surface area contributed by atoms with Crippen molar-refractivity contribution in [2.45, 2.75) is 39.2 Å². The summed E-state index contributed by atoms with van der Waals surface area (Å²) < 4.78 is 5.19. The van der Waals surface area contributed by atoms with Gasteiger partial charge in [0.1, 0.15) is 0 Å². The Balaban J connectivity index is 2.86. The van der Waals surface area contributed by atoms with Gasteiger partial charge < -0.3 is 3.79 Å². The fraction of sp³-hybridized carbons (Fsp3) is 1.00. The minimum atomic E-state index is 0.515. The van der Waals surface area contributed by atoms with E-state index in [4.69, 9.17) is 3.79 Å². The van der Waals surface area contributed by atoms with E-state index < -0.39 is 0 Å². The first kappa shape index (κ1) is 8.49. The van der Waals surface area contributed by atoms with Gasteiger partial charge in [-0.05, 0) is 13.3 Å². The molecule has 0 fully saturated rings. The van der Waals surface area contributed by atoms with Crippen LogP contribution in [-0.2, 0) is 3.79 Å². The lowest BCUT2D eigenvalue weighted by Crippen LogP contribution is -2.04. The van der Waals surface area contributed by atoms with Gasteiger partial charge in [-0.15, -0.1) is 0 Å². The van der Waals surface area contributed by atoms with E-state index in [9.17, 15) is 0 Å². The van der Waals surface area contributed by atoms with Crippen molar-refractivity contribution in [2.24, 2.45) is 0 Å². The topological polar surface area (TPSA) is 9.23 Å². The van der Waals surface area contributed by atoms with Gasteiger partial charge in [0.25, 0.3) is 0 Å². The highest BCUT2D eigenvalue weighted by Crippen LogP contribution is 2.00. The van der Waals surface area contributed by atoms with E-state index in [0.717, 1.165) is 16.6 Å². The molecule has 0 aromatic carbocycles. The molecule has 0 aliphatic heterocycles. The van der Waals surface area contributed by atoms with Crippen molar-refractivity contribution in [3.63, 3.8) is 0 Å². The van der Waals surface area contributed by atoms with Gasteiger partial charge in [0.15, 0.2) is 0 Å². The van der Waals surface area contributed by atoms with Crippen molar-refractivity contribution in [3.8, 4) is 0 Å². The third-order valence-corrected chi connectivity index (χ3v) is 2.17. The normalized spacial score (nSPS) is 13.8. The van der Waals surface area contributed by atoms with Crippen LogP contribution in [-0.4, -0.2) is 22.7 Å². The van der Waals surface area contributed by atoms with Crippen LogP contribution < -0.4 is 0 Å². The first-order valence-electron chi connectivity index (χ1n) is 3.34. The van der Waals surface area contributed by atoms with Gasteiger partial charge in [0, 0.05) is 6.10 Å². The van der Waals surface area contributed by atoms with Gasteiger partial charge in [-0.3, -0.25) is 0 Å². The highest BCUT2D eigenvalue weighted by molar-refractivity contribution is 5.98. The Hall–Kier alpha value is 0.492. The quantitative estimate of drug-likeness (QED) is 0.518. The van der Waals surface area contributed by atoms with Crippen LogP contribution in [0.5, 0.6) is 0 Å². The number of unbranched alkanes of at least 4 members (excludes halogenated alkanes) is 1. The van der Waals surface area contributed by atoms with Crippen LogP contribution in [0.1, 0.15) is 33.1 Å². The maximum atomic E-state index is 5.19. The number of hydrogen-bond acceptors (Lipinski definition) is 1. The van der Waals surface area contributed by atoms with Crippen molar-refractivity contribution in [2.75, 3.05) is 0 Å². The number of rotatable bonds is 4. The van der Waals surface area contributed by atoms with Crippen LogP contribution in [0.4, 0.5) is 0 Å². The Kier molecular flexibility index (Phi) is 5.97. The van der Waals surface area contributed by atoms with Gasteiger partial charge in [-0.25, -0.2) is 0 Å². The van der Waals surface area contributed by atoms with Crippen molar-refractivity contribution < 1.29 is 3.79 Å². The maximum absolute atomic E-state index is 5.19. The lowest BCUT2D eigenvalue weighted by atomic mass is 10.2. The largest absolute Gasteiger partial charge is 0.504 e. The third kappa shape index (κ3) is 4.65. The fourth-order valence-electron chi connectivity index (χ4n) is 0.609. The van der Waals surface area contributed by atoms with Gasteiger partial charge in [-0.1, -0.05) is 19.8 Å². The second-order valence-corrected chi connectivity index (χ2v) is 2.66. The van der Waals surface area contributed by atoms with Crippen molar-refractivity contribution >= 4 is 16.6 Å². The van der Waals surface area contributed by atoms with Gasteiger partial charge in [0.05, 0.1) is 0 Å². The summed E-state index contributed by atoms with van der Waals surface area (Å²) in [6.45, 7) is 4.35. The van der Waals surface area contributed by atoms with E-state index in [1.54, 1.807) is 0 Å². The summed E-state index contributed by atoms with van der Waals surface area (Å²) in [7, 11) is 0. The average Bonchev–Trinajstić information content (AvgIpc) is 1.83. The number of hydrogen-bond donors (Lipinski definition) is 0. The summed E-state index contributed by atoms with van der Waals surface area (Å²) in [6, 6.07) is 0. The highest BCUT2D eigenvalue weighted by atomic mass is 27.1. The Morgan fingerprint density at radius 3 is 2.62 bits per heavy atom. The molecular formula is C6H15AlO. The summed E-state index contributed by atoms with van der Waals surface area (Å²) in [5, 5.41) is 0. The Bertz CT molecular complexity index is 47.8. The molecule has 0 amide bonds. The molecular weight excluding hydrogens is 115 g/mol. The molecule has 2 heteroatoms. The van der Waals surface area contributed by atoms with Crippen LogP contribution in [0, 0.1) is 0 Å². The molecule has 0 aromatic heterocycles. The van der Waals surface area contributed by atoms with Crippen LogP contribution in [0.2, 0.25) is 0 Å². The van der Waals surface area contributed by atoms with E-state index >= 15 is 0 Å². The van der Waals surface area contributed by atoms with Crippen LogP contribution in [0.25, 0.3) is 0 Å². The van der Waals surface area contributed by atoms with Crippen molar-refractivity contribution in [3.05, 3.63) is 0 Å². The third-order valence-electron chi connectivity index (χ3n) is 1.37. The second-order valence-electron chi connectivity index (χ2n) is 2.19. The average molecular weight is 130 g/mol. The minimum absolute atomic E-state index is 0.515. The van der Waals surface area contributed by atoms with Gasteiger partial charge in [-0.2, -0.15) is 0 Å². The lowest BCUT2D eigenvalue weighted by molar-refractivity contribution is 0.228. The molecule has 0 aromatic rings. The first-order chi connectivity index (χ1) is 3.81. The van der Waals surface area contributed by atoms with Gasteiger partial charge >= 0.3 is 16.6 Å². The molecule has 0 radical (unpaired) electrons. The van der Waals surface area contributed by atoms with Crippen molar-refractivity contribution in [1.82, 2.24) is 0 Å². The zero-order valence-electron chi connectivity index (χ0n) is 6.11. The molecule has 1 unspecified atom stereocenters.